The van der Waals surface area contributed by atoms with Crippen molar-refractivity contribution >= 4 is 11.8 Å². The molecule has 0 aromatic rings. The number of primary amides is 1. The first-order chi connectivity index (χ1) is 10.0. The summed E-state index contributed by atoms with van der Waals surface area (Å²) in [5.74, 6) is 0.402. The summed E-state index contributed by atoms with van der Waals surface area (Å²) in [6.07, 6.45) is 8.81. The average Bonchev–Trinajstić information content (AvgIpc) is 2.48. The minimum atomic E-state index is -0.226. The van der Waals surface area contributed by atoms with Crippen molar-refractivity contribution in [3.63, 3.8) is 0 Å². The molecule has 0 spiro atoms. The Morgan fingerprint density at radius 1 is 1.19 bits per heavy atom. The smallest absolute Gasteiger partial charge is 0.224 e. The number of carbonyl (C=O) groups excluding carboxylic acids is 2. The number of rotatable bonds is 5. The lowest BCUT2D eigenvalue weighted by Crippen LogP contribution is -2.50. The van der Waals surface area contributed by atoms with Crippen LogP contribution in [0.25, 0.3) is 0 Å². The maximum Gasteiger partial charge on any atom is 0.224 e. The molecule has 0 unspecified atom stereocenters. The summed E-state index contributed by atoms with van der Waals surface area (Å²) >= 11 is 0. The van der Waals surface area contributed by atoms with E-state index in [1.807, 2.05) is 11.9 Å². The highest BCUT2D eigenvalue weighted by atomic mass is 16.2. The summed E-state index contributed by atoms with van der Waals surface area (Å²) < 4.78 is 0. The van der Waals surface area contributed by atoms with Gasteiger partial charge in [-0.1, -0.05) is 19.3 Å². The third kappa shape index (κ3) is 4.43. The minimum absolute atomic E-state index is 0.0133. The van der Waals surface area contributed by atoms with Gasteiger partial charge < -0.3 is 16.0 Å². The van der Waals surface area contributed by atoms with E-state index in [9.17, 15) is 9.59 Å². The zero-order valence-electron chi connectivity index (χ0n) is 13.2. The molecule has 120 valence electrons. The molecule has 0 atom stereocenters. The van der Waals surface area contributed by atoms with E-state index in [2.05, 4.69) is 5.32 Å². The molecule has 1 saturated heterocycles. The van der Waals surface area contributed by atoms with E-state index < -0.39 is 0 Å². The molecule has 1 aliphatic carbocycles. The van der Waals surface area contributed by atoms with Crippen LogP contribution in [-0.4, -0.2) is 42.4 Å². The van der Waals surface area contributed by atoms with Crippen molar-refractivity contribution in [3.8, 4) is 0 Å². The number of nitrogens with one attached hydrogen (secondary N) is 1. The van der Waals surface area contributed by atoms with Gasteiger partial charge >= 0.3 is 0 Å². The van der Waals surface area contributed by atoms with Gasteiger partial charge in [0, 0.05) is 31.5 Å². The second-order valence-corrected chi connectivity index (χ2v) is 6.76. The lowest BCUT2D eigenvalue weighted by molar-refractivity contribution is -0.134. The second kappa shape index (κ2) is 7.25. The zero-order chi connectivity index (χ0) is 15.3. The molecule has 1 heterocycles. The summed E-state index contributed by atoms with van der Waals surface area (Å²) in [6, 6.07) is 0. The van der Waals surface area contributed by atoms with Gasteiger partial charge in [0.05, 0.1) is 0 Å². The van der Waals surface area contributed by atoms with Gasteiger partial charge in [-0.05, 0) is 38.6 Å². The first-order valence-corrected chi connectivity index (χ1v) is 8.30. The molecule has 2 fully saturated rings. The predicted octanol–water partition coefficient (Wildman–Crippen LogP) is 1.41. The number of hydrogen-bond donors (Lipinski definition) is 2. The normalized spacial score (nSPS) is 23.0. The summed E-state index contributed by atoms with van der Waals surface area (Å²) in [6.45, 7) is 1.55. The molecule has 21 heavy (non-hydrogen) atoms. The number of nitrogens with two attached hydrogens (primary N) is 1. The molecule has 3 N–H and O–H groups in total. The number of hydrogen-bond acceptors (Lipinski definition) is 3. The lowest BCUT2D eigenvalue weighted by atomic mass is 9.79. The Morgan fingerprint density at radius 3 is 2.33 bits per heavy atom. The van der Waals surface area contributed by atoms with E-state index in [4.69, 9.17) is 5.73 Å². The highest BCUT2D eigenvalue weighted by Gasteiger charge is 2.35. The molecule has 1 aliphatic heterocycles. The van der Waals surface area contributed by atoms with Crippen LogP contribution < -0.4 is 11.1 Å². The summed E-state index contributed by atoms with van der Waals surface area (Å²) in [7, 11) is 1.98. The molecule has 0 radical (unpaired) electrons. The Bertz CT molecular complexity index is 370. The van der Waals surface area contributed by atoms with Crippen LogP contribution in [0, 0.1) is 5.92 Å². The molecular weight excluding hydrogens is 266 g/mol. The molecule has 0 aromatic carbocycles. The second-order valence-electron chi connectivity index (χ2n) is 6.76. The fourth-order valence-corrected chi connectivity index (χ4v) is 3.82. The van der Waals surface area contributed by atoms with E-state index >= 15 is 0 Å². The molecule has 0 aromatic heterocycles. The van der Waals surface area contributed by atoms with E-state index in [1.165, 1.54) is 19.3 Å². The molecule has 5 heteroatoms. The number of nitrogens with zero attached hydrogens (tertiary/aromatic N) is 1. The fraction of sp³-hybridized carbons (Fsp3) is 0.875. The highest BCUT2D eigenvalue weighted by molar-refractivity contribution is 5.78. The monoisotopic (exact) mass is 295 g/mol. The minimum Gasteiger partial charge on any atom is -0.370 e. The van der Waals surface area contributed by atoms with Crippen LogP contribution in [-0.2, 0) is 9.59 Å². The van der Waals surface area contributed by atoms with Gasteiger partial charge in [0.2, 0.25) is 11.8 Å². The molecule has 5 nitrogen and oxygen atoms in total. The summed E-state index contributed by atoms with van der Waals surface area (Å²) in [4.78, 5) is 25.5. The summed E-state index contributed by atoms with van der Waals surface area (Å²) in [5.41, 5.74) is 5.26. The molecule has 2 aliphatic rings. The van der Waals surface area contributed by atoms with Crippen LogP contribution >= 0.6 is 0 Å². The topological polar surface area (TPSA) is 75.4 Å². The van der Waals surface area contributed by atoms with Crippen LogP contribution in [0.3, 0.4) is 0 Å². The van der Waals surface area contributed by atoms with Gasteiger partial charge in [-0.3, -0.25) is 9.59 Å². The predicted molar refractivity (Wildman–Crippen MR) is 82.6 cm³/mol. The van der Waals surface area contributed by atoms with Gasteiger partial charge in [0.15, 0.2) is 0 Å². The van der Waals surface area contributed by atoms with E-state index in [-0.39, 0.29) is 17.4 Å². The van der Waals surface area contributed by atoms with Gasteiger partial charge in [-0.15, -0.1) is 0 Å². The molecular formula is C16H29N3O2. The number of amides is 2. The number of piperidine rings is 1. The molecule has 2 rings (SSSR count). The molecule has 0 bridgehead atoms. The SMILES string of the molecule is CNC1(CC(=O)N2CCC(CC(N)=O)CC2)CCCCC1. The van der Waals surface area contributed by atoms with Gasteiger partial charge in [0.1, 0.15) is 0 Å². The van der Waals surface area contributed by atoms with Crippen LogP contribution in [0.15, 0.2) is 0 Å². The van der Waals surface area contributed by atoms with Gasteiger partial charge in [-0.2, -0.15) is 0 Å². The lowest BCUT2D eigenvalue weighted by Gasteiger charge is -2.39. The summed E-state index contributed by atoms with van der Waals surface area (Å²) in [5, 5.41) is 3.41. The van der Waals surface area contributed by atoms with Crippen LogP contribution in [0.1, 0.15) is 57.8 Å². The van der Waals surface area contributed by atoms with Gasteiger partial charge in [0.25, 0.3) is 0 Å². The zero-order valence-corrected chi connectivity index (χ0v) is 13.2. The Kier molecular flexibility index (Phi) is 5.62. The average molecular weight is 295 g/mol. The van der Waals surface area contributed by atoms with Crippen LogP contribution in [0.5, 0.6) is 0 Å². The maximum atomic E-state index is 12.6. The van der Waals surface area contributed by atoms with E-state index in [1.54, 1.807) is 0 Å². The quantitative estimate of drug-likeness (QED) is 0.805. The molecule has 2 amide bonds. The largest absolute Gasteiger partial charge is 0.370 e. The Morgan fingerprint density at radius 2 is 1.81 bits per heavy atom. The van der Waals surface area contributed by atoms with Crippen molar-refractivity contribution in [3.05, 3.63) is 0 Å². The third-order valence-electron chi connectivity index (χ3n) is 5.29. The molecule has 1 saturated carbocycles. The van der Waals surface area contributed by atoms with E-state index in [0.29, 0.717) is 18.8 Å². The van der Waals surface area contributed by atoms with Crippen molar-refractivity contribution in [2.45, 2.75) is 63.3 Å². The maximum absolute atomic E-state index is 12.6. The van der Waals surface area contributed by atoms with Crippen molar-refractivity contribution in [2.24, 2.45) is 11.7 Å². The van der Waals surface area contributed by atoms with Crippen LogP contribution in [0.4, 0.5) is 0 Å². The first kappa shape index (κ1) is 16.3. The standard InChI is InChI=1S/C16H29N3O2/c1-18-16(7-3-2-4-8-16)12-15(21)19-9-5-13(6-10-19)11-14(17)20/h13,18H,2-12H2,1H3,(H2,17,20). The van der Waals surface area contributed by atoms with Crippen molar-refractivity contribution in [2.75, 3.05) is 20.1 Å². The third-order valence-corrected chi connectivity index (χ3v) is 5.29. The van der Waals surface area contributed by atoms with Crippen molar-refractivity contribution in [1.82, 2.24) is 10.2 Å². The first-order valence-electron chi connectivity index (χ1n) is 8.30. The number of likely N-dealkylation sites (tertiary alicyclic amines) is 1. The van der Waals surface area contributed by atoms with Crippen molar-refractivity contribution < 1.29 is 9.59 Å². The Balaban J connectivity index is 1.82. The van der Waals surface area contributed by atoms with E-state index in [0.717, 1.165) is 38.8 Å². The van der Waals surface area contributed by atoms with Crippen molar-refractivity contribution in [1.29, 1.82) is 0 Å². The van der Waals surface area contributed by atoms with Gasteiger partial charge in [-0.25, -0.2) is 0 Å². The Labute approximate surface area is 127 Å². The fourth-order valence-electron chi connectivity index (χ4n) is 3.82. The van der Waals surface area contributed by atoms with Crippen LogP contribution in [0.2, 0.25) is 0 Å². The number of carbonyl (C=O) groups is 2. The highest BCUT2D eigenvalue weighted by Crippen LogP contribution is 2.32. The Hall–Kier alpha value is -1.10.